The van der Waals surface area contributed by atoms with E-state index in [2.05, 4.69) is 0 Å². The maximum atomic E-state index is 13.0. The van der Waals surface area contributed by atoms with Crippen molar-refractivity contribution in [1.29, 1.82) is 0 Å². The number of phenolic OH excluding ortho intramolecular Hbond substituents is 1. The lowest BCUT2D eigenvalue weighted by molar-refractivity contribution is 0.0277. The summed E-state index contributed by atoms with van der Waals surface area (Å²) in [6.07, 6.45) is -1.20. The molecule has 6 heteroatoms. The monoisotopic (exact) mass is 400 g/mol. The number of phenols is 1. The zero-order valence-corrected chi connectivity index (χ0v) is 15.4. The number of aromatic hydroxyl groups is 1. The Kier molecular flexibility index (Phi) is 5.79. The van der Waals surface area contributed by atoms with Crippen LogP contribution < -0.4 is 0 Å². The smallest absolute Gasteiger partial charge is 0.343 e. The van der Waals surface area contributed by atoms with Gasteiger partial charge in [-0.3, -0.25) is 4.79 Å². The van der Waals surface area contributed by atoms with Gasteiger partial charge in [0, 0.05) is 21.2 Å². The van der Waals surface area contributed by atoms with Crippen molar-refractivity contribution in [2.45, 2.75) is 6.10 Å². The molecule has 3 rings (SSSR count). The van der Waals surface area contributed by atoms with Crippen molar-refractivity contribution in [3.63, 3.8) is 0 Å². The van der Waals surface area contributed by atoms with Crippen LogP contribution in [0.4, 0.5) is 0 Å². The lowest BCUT2D eigenvalue weighted by Crippen LogP contribution is -2.20. The molecule has 0 radical (unpaired) electrons. The number of rotatable bonds is 5. The highest BCUT2D eigenvalue weighted by Gasteiger charge is 2.27. The first-order valence-corrected chi connectivity index (χ1v) is 8.75. The summed E-state index contributed by atoms with van der Waals surface area (Å²) in [5, 5.41) is 10.7. The zero-order valence-electron chi connectivity index (χ0n) is 13.9. The van der Waals surface area contributed by atoms with Crippen molar-refractivity contribution in [3.05, 3.63) is 99.5 Å². The number of ether oxygens (including phenoxy) is 1. The van der Waals surface area contributed by atoms with E-state index in [0.29, 0.717) is 16.1 Å². The van der Waals surface area contributed by atoms with E-state index in [4.69, 9.17) is 27.9 Å². The molecule has 4 nitrogen and oxygen atoms in total. The molecule has 1 atom stereocenters. The van der Waals surface area contributed by atoms with E-state index >= 15 is 0 Å². The molecule has 3 aromatic carbocycles. The number of benzene rings is 3. The van der Waals surface area contributed by atoms with Crippen LogP contribution in [0.25, 0.3) is 0 Å². The molecule has 27 heavy (non-hydrogen) atoms. The van der Waals surface area contributed by atoms with Crippen molar-refractivity contribution >= 4 is 35.0 Å². The Labute approximate surface area is 165 Å². The fourth-order valence-corrected chi connectivity index (χ4v) is 2.80. The van der Waals surface area contributed by atoms with Gasteiger partial charge >= 0.3 is 5.97 Å². The van der Waals surface area contributed by atoms with Crippen LogP contribution in [0.3, 0.4) is 0 Å². The van der Waals surface area contributed by atoms with Crippen molar-refractivity contribution in [3.8, 4) is 5.75 Å². The second-order valence-corrected chi connectivity index (χ2v) is 6.60. The van der Waals surface area contributed by atoms with Crippen LogP contribution in [0, 0.1) is 0 Å². The van der Waals surface area contributed by atoms with E-state index in [0.717, 1.165) is 0 Å². The molecule has 0 unspecified atom stereocenters. The van der Waals surface area contributed by atoms with Crippen LogP contribution in [0.1, 0.15) is 32.4 Å². The number of carbonyl (C=O) groups excluding carboxylic acids is 2. The highest BCUT2D eigenvalue weighted by Crippen LogP contribution is 2.28. The molecule has 0 aliphatic carbocycles. The van der Waals surface area contributed by atoms with Gasteiger partial charge in [0.05, 0.1) is 0 Å². The summed E-state index contributed by atoms with van der Waals surface area (Å²) in [6.45, 7) is 0. The van der Waals surface area contributed by atoms with E-state index in [1.165, 1.54) is 18.2 Å². The molecule has 0 saturated carbocycles. The first-order valence-electron chi connectivity index (χ1n) is 8.00. The van der Waals surface area contributed by atoms with Crippen molar-refractivity contribution in [2.75, 3.05) is 0 Å². The first kappa shape index (κ1) is 19.0. The topological polar surface area (TPSA) is 63.6 Å². The van der Waals surface area contributed by atoms with Gasteiger partial charge in [0.25, 0.3) is 0 Å². The summed E-state index contributed by atoms with van der Waals surface area (Å²) in [6, 6.07) is 18.9. The highest BCUT2D eigenvalue weighted by atomic mass is 35.5. The molecule has 3 aromatic rings. The molecular formula is C21H14Cl2O4. The van der Waals surface area contributed by atoms with Gasteiger partial charge in [-0.1, -0.05) is 65.7 Å². The summed E-state index contributed by atoms with van der Waals surface area (Å²) in [5.41, 5.74) is 0.728. The van der Waals surface area contributed by atoms with Crippen molar-refractivity contribution < 1.29 is 19.4 Å². The van der Waals surface area contributed by atoms with E-state index in [1.54, 1.807) is 54.6 Å². The second-order valence-electron chi connectivity index (χ2n) is 5.73. The maximum absolute atomic E-state index is 13.0. The number of hydrogen-bond donors (Lipinski definition) is 1. The molecule has 0 bridgehead atoms. The highest BCUT2D eigenvalue weighted by molar-refractivity contribution is 6.31. The summed E-state index contributed by atoms with van der Waals surface area (Å²) < 4.78 is 5.46. The molecule has 1 N–H and O–H groups in total. The lowest BCUT2D eigenvalue weighted by atomic mass is 9.99. The number of esters is 1. The quantitative estimate of drug-likeness (QED) is 0.454. The summed E-state index contributed by atoms with van der Waals surface area (Å²) in [4.78, 5) is 25.5. The van der Waals surface area contributed by atoms with Crippen LogP contribution in [-0.2, 0) is 4.74 Å². The Bertz CT molecular complexity index is 969. The standard InChI is InChI=1S/C21H14Cl2O4/c22-15-8-6-14(7-9-15)20(19(25)13-4-2-1-3-5-13)27-21(26)17-12-16(23)10-11-18(17)24/h1-12,20,24H/t20-/m1/s1. The molecule has 0 heterocycles. The van der Waals surface area contributed by atoms with Gasteiger partial charge in [-0.2, -0.15) is 0 Å². The first-order chi connectivity index (χ1) is 13.0. The molecular weight excluding hydrogens is 387 g/mol. The van der Waals surface area contributed by atoms with Crippen LogP contribution >= 0.6 is 23.2 Å². The Morgan fingerprint density at radius 1 is 0.852 bits per heavy atom. The number of hydrogen-bond acceptors (Lipinski definition) is 4. The fourth-order valence-electron chi connectivity index (χ4n) is 2.51. The molecule has 0 aromatic heterocycles. The molecule has 136 valence electrons. The van der Waals surface area contributed by atoms with Gasteiger partial charge in [0.1, 0.15) is 11.3 Å². The predicted molar refractivity (Wildman–Crippen MR) is 103 cm³/mol. The van der Waals surface area contributed by atoms with Gasteiger partial charge < -0.3 is 9.84 Å². The Morgan fingerprint density at radius 3 is 2.15 bits per heavy atom. The van der Waals surface area contributed by atoms with E-state index in [-0.39, 0.29) is 16.3 Å². The largest absolute Gasteiger partial charge is 0.507 e. The molecule has 0 saturated heterocycles. The third kappa shape index (κ3) is 4.48. The van der Waals surface area contributed by atoms with Gasteiger partial charge in [0.2, 0.25) is 5.78 Å². The minimum atomic E-state index is -1.20. The van der Waals surface area contributed by atoms with Gasteiger partial charge in [-0.05, 0) is 30.3 Å². The van der Waals surface area contributed by atoms with Crippen molar-refractivity contribution in [1.82, 2.24) is 0 Å². The predicted octanol–water partition coefficient (Wildman–Crippen LogP) is 5.48. The number of carbonyl (C=O) groups is 2. The van der Waals surface area contributed by atoms with Gasteiger partial charge in [-0.15, -0.1) is 0 Å². The summed E-state index contributed by atoms with van der Waals surface area (Å²) in [7, 11) is 0. The fraction of sp³-hybridized carbons (Fsp3) is 0.0476. The lowest BCUT2D eigenvalue weighted by Gasteiger charge is -2.18. The molecule has 0 aliphatic rings. The Hall–Kier alpha value is -2.82. The molecule has 0 fully saturated rings. The third-order valence-corrected chi connectivity index (χ3v) is 4.36. The second kappa shape index (κ2) is 8.25. The van der Waals surface area contributed by atoms with Gasteiger partial charge in [0.15, 0.2) is 6.10 Å². The van der Waals surface area contributed by atoms with Gasteiger partial charge in [-0.25, -0.2) is 4.79 Å². The zero-order chi connectivity index (χ0) is 19.4. The minimum Gasteiger partial charge on any atom is -0.507 e. The minimum absolute atomic E-state index is 0.123. The van der Waals surface area contributed by atoms with Crippen molar-refractivity contribution in [2.24, 2.45) is 0 Å². The van der Waals surface area contributed by atoms with E-state index < -0.39 is 17.9 Å². The Balaban J connectivity index is 1.97. The number of ketones is 1. The van der Waals surface area contributed by atoms with Crippen LogP contribution in [-0.4, -0.2) is 16.9 Å². The summed E-state index contributed by atoms with van der Waals surface area (Å²) in [5.74, 6) is -1.54. The number of halogens is 2. The SMILES string of the molecule is O=C(O[C@@H](C(=O)c1ccccc1)c1ccc(Cl)cc1)c1cc(Cl)ccc1O. The van der Waals surface area contributed by atoms with E-state index in [1.807, 2.05) is 0 Å². The third-order valence-electron chi connectivity index (χ3n) is 3.87. The molecule has 0 spiro atoms. The molecule has 0 aliphatic heterocycles. The van der Waals surface area contributed by atoms with Crippen LogP contribution in [0.2, 0.25) is 10.0 Å². The molecule has 0 amide bonds. The average Bonchev–Trinajstić information content (AvgIpc) is 2.69. The van der Waals surface area contributed by atoms with E-state index in [9.17, 15) is 14.7 Å². The summed E-state index contributed by atoms with van der Waals surface area (Å²) >= 11 is 11.8. The maximum Gasteiger partial charge on any atom is 0.343 e. The van der Waals surface area contributed by atoms with Crippen LogP contribution in [0.5, 0.6) is 5.75 Å². The average molecular weight is 401 g/mol. The number of Topliss-reactive ketones (excluding diaryl/α,β-unsaturated/α-hetero) is 1. The normalized spacial score (nSPS) is 11.6. The Morgan fingerprint density at radius 2 is 1.48 bits per heavy atom. The van der Waals surface area contributed by atoms with Crippen LogP contribution in [0.15, 0.2) is 72.8 Å².